The fraction of sp³-hybridized carbons (Fsp3) is 1.00. The van der Waals surface area contributed by atoms with Crippen LogP contribution in [0.4, 0.5) is 0 Å². The molecule has 0 aromatic carbocycles. The highest BCUT2D eigenvalue weighted by Gasteiger charge is 2.37. The highest BCUT2D eigenvalue weighted by atomic mass is 14.9. The quantitative estimate of drug-likeness (QED) is 0.0719. The Balaban J connectivity index is 1.39. The minimum Gasteiger partial charge on any atom is -0.313 e. The zero-order valence-electron chi connectivity index (χ0n) is 32.7. The Bertz CT molecular complexity index is 574. The van der Waals surface area contributed by atoms with Crippen LogP contribution in [0.15, 0.2) is 0 Å². The van der Waals surface area contributed by atoms with Gasteiger partial charge in [-0.3, -0.25) is 0 Å². The van der Waals surface area contributed by atoms with E-state index in [0.29, 0.717) is 0 Å². The Morgan fingerprint density at radius 1 is 0.413 bits per heavy atom. The lowest BCUT2D eigenvalue weighted by Crippen LogP contribution is -2.50. The van der Waals surface area contributed by atoms with E-state index in [9.17, 15) is 0 Å². The molecule has 1 N–H and O–H groups in total. The summed E-state index contributed by atoms with van der Waals surface area (Å²) in [5.41, 5.74) is 0. The predicted molar refractivity (Wildman–Crippen MR) is 209 cm³/mol. The third kappa shape index (κ3) is 21.1. The highest BCUT2D eigenvalue weighted by Crippen LogP contribution is 2.41. The molecule has 0 aromatic heterocycles. The lowest BCUT2D eigenvalue weighted by molar-refractivity contribution is 0.0895. The average molecular weight is 644 g/mol. The van der Waals surface area contributed by atoms with Gasteiger partial charge in [0.15, 0.2) is 0 Å². The van der Waals surface area contributed by atoms with Crippen molar-refractivity contribution in [1.29, 1.82) is 0 Å². The fourth-order valence-electron chi connectivity index (χ4n) is 9.32. The van der Waals surface area contributed by atoms with Gasteiger partial charge in [-0.25, -0.2) is 0 Å². The third-order valence-corrected chi connectivity index (χ3v) is 12.9. The van der Waals surface area contributed by atoms with Gasteiger partial charge in [0.05, 0.1) is 0 Å². The van der Waals surface area contributed by atoms with Crippen molar-refractivity contribution in [3.8, 4) is 0 Å². The molecule has 46 heavy (non-hydrogen) atoms. The van der Waals surface area contributed by atoms with Crippen LogP contribution in [0.3, 0.4) is 0 Å². The number of hydrogen-bond donors (Lipinski definition) is 1. The van der Waals surface area contributed by atoms with Crippen LogP contribution in [0.5, 0.6) is 0 Å². The highest BCUT2D eigenvalue weighted by molar-refractivity contribution is 4.92. The Kier molecular flexibility index (Phi) is 27.3. The first-order valence-corrected chi connectivity index (χ1v) is 22.4. The maximum Gasteiger partial charge on any atom is 0.00982 e. The lowest BCUT2D eigenvalue weighted by Gasteiger charge is -2.45. The van der Waals surface area contributed by atoms with E-state index in [1.165, 1.54) is 225 Å². The summed E-state index contributed by atoms with van der Waals surface area (Å²) in [5.74, 6) is 4.76. The topological polar surface area (TPSA) is 12.0 Å². The maximum atomic E-state index is 4.11. The van der Waals surface area contributed by atoms with Crippen LogP contribution >= 0.6 is 0 Å². The molecule has 274 valence electrons. The molecule has 2 rings (SSSR count). The number of fused-ring (bicyclic) bond motifs is 1. The molecule has 0 aromatic rings. The van der Waals surface area contributed by atoms with Crippen molar-refractivity contribution in [2.45, 2.75) is 252 Å². The zero-order valence-corrected chi connectivity index (χ0v) is 32.7. The van der Waals surface area contributed by atoms with Gasteiger partial charge in [0.2, 0.25) is 0 Å². The molecule has 0 bridgehead atoms. The van der Waals surface area contributed by atoms with Gasteiger partial charge in [-0.1, -0.05) is 220 Å². The summed E-state index contributed by atoms with van der Waals surface area (Å²) in [7, 11) is 0. The Hall–Kier alpha value is -0.0400. The maximum absolute atomic E-state index is 4.11. The van der Waals surface area contributed by atoms with Gasteiger partial charge in [-0.05, 0) is 61.8 Å². The average Bonchev–Trinajstić information content (AvgIpc) is 3.07. The van der Waals surface area contributed by atoms with Gasteiger partial charge < -0.3 is 5.32 Å². The molecule has 1 saturated heterocycles. The first kappa shape index (κ1) is 42.1. The van der Waals surface area contributed by atoms with Crippen LogP contribution in [-0.2, 0) is 0 Å². The Morgan fingerprint density at radius 3 is 1.15 bits per heavy atom. The van der Waals surface area contributed by atoms with Crippen molar-refractivity contribution >= 4 is 0 Å². The Morgan fingerprint density at radius 2 is 0.761 bits per heavy atom. The Labute approximate surface area is 292 Å². The number of piperidine rings is 1. The van der Waals surface area contributed by atoms with Gasteiger partial charge in [-0.15, -0.1) is 0 Å². The molecule has 6 atom stereocenters. The van der Waals surface area contributed by atoms with Gasteiger partial charge >= 0.3 is 0 Å². The molecule has 2 fully saturated rings. The van der Waals surface area contributed by atoms with E-state index >= 15 is 0 Å². The van der Waals surface area contributed by atoms with E-state index in [0.717, 1.165) is 35.6 Å². The number of rotatable bonds is 32. The summed E-state index contributed by atoms with van der Waals surface area (Å²) in [6.07, 6.45) is 50.2. The van der Waals surface area contributed by atoms with E-state index < -0.39 is 0 Å². The van der Waals surface area contributed by atoms with Crippen molar-refractivity contribution in [2.75, 3.05) is 6.54 Å². The first-order chi connectivity index (χ1) is 22.7. The van der Waals surface area contributed by atoms with Gasteiger partial charge in [0.25, 0.3) is 0 Å². The zero-order chi connectivity index (χ0) is 32.9. The molecule has 1 aliphatic carbocycles. The van der Waals surface area contributed by atoms with E-state index in [2.05, 4.69) is 33.0 Å². The smallest absolute Gasteiger partial charge is 0.00982 e. The van der Waals surface area contributed by atoms with Gasteiger partial charge in [0.1, 0.15) is 0 Å². The normalized spacial score (nSPS) is 23.0. The number of unbranched alkanes of at least 4 members (excludes halogenated alkanes) is 26. The second-order valence-corrected chi connectivity index (χ2v) is 17.1. The summed E-state index contributed by atoms with van der Waals surface area (Å²) in [6.45, 7) is 11.1. The molecule has 1 heterocycles. The molecule has 0 radical (unpaired) electrons. The SMILES string of the molecule is CCCCCCCCCCCCCCCCC(C)C1CNC2CC(C(C)CCCCCCCCCCCCCCCC)CCC2C1. The molecule has 1 nitrogen and oxygen atoms in total. The standard InChI is InChI=1S/C45H89N/c1-5-7-9-11-13-15-17-19-21-23-25-27-29-31-33-40(3)42-35-36-43-37-44(39-46-45(43)38-42)41(4)34-32-30-28-26-24-22-20-18-16-14-12-10-8-6-2/h40-46H,5-39H2,1-4H3. The van der Waals surface area contributed by atoms with Gasteiger partial charge in [-0.2, -0.15) is 0 Å². The van der Waals surface area contributed by atoms with Gasteiger partial charge in [0, 0.05) is 6.04 Å². The molecule has 0 spiro atoms. The fourth-order valence-corrected chi connectivity index (χ4v) is 9.32. The van der Waals surface area contributed by atoms with Crippen molar-refractivity contribution < 1.29 is 0 Å². The van der Waals surface area contributed by atoms with Crippen LogP contribution in [-0.4, -0.2) is 12.6 Å². The van der Waals surface area contributed by atoms with Crippen LogP contribution < -0.4 is 5.32 Å². The number of nitrogens with one attached hydrogen (secondary N) is 1. The lowest BCUT2D eigenvalue weighted by atomic mass is 9.67. The van der Waals surface area contributed by atoms with Crippen LogP contribution in [0, 0.1) is 29.6 Å². The second kappa shape index (κ2) is 29.8. The summed E-state index contributed by atoms with van der Waals surface area (Å²) in [5, 5.41) is 4.11. The monoisotopic (exact) mass is 644 g/mol. The molecule has 2 aliphatic rings. The van der Waals surface area contributed by atoms with Crippen molar-refractivity contribution in [1.82, 2.24) is 5.32 Å². The summed E-state index contributed by atoms with van der Waals surface area (Å²) >= 11 is 0. The minimum absolute atomic E-state index is 0.835. The minimum atomic E-state index is 0.835. The van der Waals surface area contributed by atoms with Crippen molar-refractivity contribution in [3.63, 3.8) is 0 Å². The molecular formula is C45H89N. The molecule has 1 heteroatoms. The third-order valence-electron chi connectivity index (χ3n) is 12.9. The molecule has 1 saturated carbocycles. The molecule has 1 aliphatic heterocycles. The largest absolute Gasteiger partial charge is 0.313 e. The van der Waals surface area contributed by atoms with Crippen LogP contribution in [0.2, 0.25) is 0 Å². The summed E-state index contributed by atoms with van der Waals surface area (Å²) in [4.78, 5) is 0. The molecule has 6 unspecified atom stereocenters. The molecule has 0 amide bonds. The predicted octanol–water partition coefficient (Wildman–Crippen LogP) is 15.4. The summed E-state index contributed by atoms with van der Waals surface area (Å²) < 4.78 is 0. The second-order valence-electron chi connectivity index (χ2n) is 17.1. The molecular weight excluding hydrogens is 555 g/mol. The number of hydrogen-bond acceptors (Lipinski definition) is 1. The van der Waals surface area contributed by atoms with Crippen molar-refractivity contribution in [2.24, 2.45) is 29.6 Å². The van der Waals surface area contributed by atoms with E-state index in [-0.39, 0.29) is 0 Å². The van der Waals surface area contributed by atoms with E-state index in [1.54, 1.807) is 0 Å². The van der Waals surface area contributed by atoms with Crippen LogP contribution in [0.1, 0.15) is 246 Å². The van der Waals surface area contributed by atoms with Crippen LogP contribution in [0.25, 0.3) is 0 Å². The van der Waals surface area contributed by atoms with E-state index in [1.807, 2.05) is 0 Å². The van der Waals surface area contributed by atoms with E-state index in [4.69, 9.17) is 0 Å². The first-order valence-electron chi connectivity index (χ1n) is 22.4. The summed E-state index contributed by atoms with van der Waals surface area (Å²) in [6, 6.07) is 0.835. The van der Waals surface area contributed by atoms with Crippen molar-refractivity contribution in [3.05, 3.63) is 0 Å².